The van der Waals surface area contributed by atoms with Crippen molar-refractivity contribution < 1.29 is 28.4 Å². The Labute approximate surface area is 74.1 Å². The van der Waals surface area contributed by atoms with E-state index in [2.05, 4.69) is 9.05 Å². The van der Waals surface area contributed by atoms with E-state index in [1.807, 2.05) is 0 Å². The van der Waals surface area contributed by atoms with Crippen molar-refractivity contribution in [2.24, 2.45) is 5.73 Å². The largest absolute Gasteiger partial charge is 0.480 e. The summed E-state index contributed by atoms with van der Waals surface area (Å²) in [7, 11) is -3.79. The smallest absolute Gasteiger partial charge is 0.476 e. The van der Waals surface area contributed by atoms with Crippen LogP contribution in [-0.4, -0.2) is 28.3 Å². The highest BCUT2D eigenvalue weighted by Crippen LogP contribution is 2.56. The molecule has 1 rings (SSSR count). The fourth-order valence-corrected chi connectivity index (χ4v) is 1.67. The molecule has 8 heteroatoms. The SMILES string of the molecule is NC(CCC1OP(=O)(O)O1)C(=O)O. The minimum Gasteiger partial charge on any atom is -0.480 e. The Kier molecular flexibility index (Phi) is 3.05. The molecule has 0 saturated carbocycles. The zero-order chi connectivity index (χ0) is 10.1. The third kappa shape index (κ3) is 3.06. The summed E-state index contributed by atoms with van der Waals surface area (Å²) in [6.07, 6.45) is -0.473. The Morgan fingerprint density at radius 3 is 2.54 bits per heavy atom. The molecule has 7 nitrogen and oxygen atoms in total. The molecule has 0 spiro atoms. The first-order chi connectivity index (χ1) is 5.91. The van der Waals surface area contributed by atoms with Crippen molar-refractivity contribution in [3.63, 3.8) is 0 Å². The average molecular weight is 211 g/mol. The van der Waals surface area contributed by atoms with Gasteiger partial charge >= 0.3 is 13.8 Å². The number of hydrogen-bond acceptors (Lipinski definition) is 5. The Morgan fingerprint density at radius 2 is 2.15 bits per heavy atom. The highest BCUT2D eigenvalue weighted by atomic mass is 31.2. The maximum absolute atomic E-state index is 10.4. The van der Waals surface area contributed by atoms with Gasteiger partial charge in [0.05, 0.1) is 0 Å². The number of rotatable bonds is 4. The van der Waals surface area contributed by atoms with Crippen molar-refractivity contribution in [1.29, 1.82) is 0 Å². The molecular weight excluding hydrogens is 201 g/mol. The molecule has 1 fully saturated rings. The van der Waals surface area contributed by atoms with E-state index in [1.165, 1.54) is 0 Å². The molecule has 1 aliphatic rings. The summed E-state index contributed by atoms with van der Waals surface area (Å²) in [5.41, 5.74) is 5.17. The van der Waals surface area contributed by atoms with E-state index in [1.54, 1.807) is 0 Å². The Balaban J connectivity index is 2.16. The van der Waals surface area contributed by atoms with E-state index >= 15 is 0 Å². The highest BCUT2D eigenvalue weighted by Gasteiger charge is 2.41. The van der Waals surface area contributed by atoms with Gasteiger partial charge in [0.25, 0.3) is 0 Å². The fourth-order valence-electron chi connectivity index (χ4n) is 0.850. The lowest BCUT2D eigenvalue weighted by Crippen LogP contribution is -2.33. The van der Waals surface area contributed by atoms with E-state index in [-0.39, 0.29) is 12.8 Å². The molecule has 13 heavy (non-hydrogen) atoms. The van der Waals surface area contributed by atoms with Crippen LogP contribution in [0, 0.1) is 0 Å². The van der Waals surface area contributed by atoms with E-state index in [0.29, 0.717) is 0 Å². The van der Waals surface area contributed by atoms with Crippen molar-refractivity contribution in [1.82, 2.24) is 0 Å². The molecule has 1 unspecified atom stereocenters. The Hall–Kier alpha value is -0.460. The Bertz CT molecular complexity index is 245. The number of phosphoric ester groups is 1. The maximum atomic E-state index is 10.4. The van der Waals surface area contributed by atoms with Crippen LogP contribution in [0.1, 0.15) is 12.8 Å². The molecule has 0 aromatic rings. The number of aliphatic carboxylic acids is 1. The molecule has 0 aliphatic carbocycles. The van der Waals surface area contributed by atoms with Gasteiger partial charge in [-0.2, -0.15) is 0 Å². The summed E-state index contributed by atoms with van der Waals surface area (Å²) in [5.74, 6) is -1.12. The van der Waals surface area contributed by atoms with Gasteiger partial charge in [0.1, 0.15) is 6.04 Å². The lowest BCUT2D eigenvalue weighted by Gasteiger charge is -2.30. The van der Waals surface area contributed by atoms with Crippen molar-refractivity contribution in [3.05, 3.63) is 0 Å². The second-order valence-electron chi connectivity index (χ2n) is 2.63. The van der Waals surface area contributed by atoms with Crippen molar-refractivity contribution in [3.8, 4) is 0 Å². The van der Waals surface area contributed by atoms with Crippen LogP contribution in [0.2, 0.25) is 0 Å². The second-order valence-corrected chi connectivity index (χ2v) is 3.99. The molecule has 1 heterocycles. The number of carbonyl (C=O) groups is 1. The van der Waals surface area contributed by atoms with Gasteiger partial charge < -0.3 is 15.7 Å². The molecule has 0 aromatic heterocycles. The number of phosphoric acid groups is 1. The molecule has 1 saturated heterocycles. The zero-order valence-electron chi connectivity index (χ0n) is 6.62. The fraction of sp³-hybridized carbons (Fsp3) is 0.800. The summed E-state index contributed by atoms with van der Waals surface area (Å²) in [4.78, 5) is 18.8. The van der Waals surface area contributed by atoms with Crippen LogP contribution in [0.15, 0.2) is 0 Å². The topological polar surface area (TPSA) is 119 Å². The predicted molar refractivity (Wildman–Crippen MR) is 40.6 cm³/mol. The third-order valence-electron chi connectivity index (χ3n) is 1.53. The van der Waals surface area contributed by atoms with Gasteiger partial charge in [-0.1, -0.05) is 0 Å². The van der Waals surface area contributed by atoms with Gasteiger partial charge in [-0.15, -0.1) is 0 Å². The summed E-state index contributed by atoms with van der Waals surface area (Å²) in [5, 5.41) is 8.38. The first-order valence-electron chi connectivity index (χ1n) is 3.59. The molecule has 0 amide bonds. The van der Waals surface area contributed by atoms with Gasteiger partial charge in [0.15, 0.2) is 6.29 Å². The van der Waals surface area contributed by atoms with Crippen LogP contribution in [0.4, 0.5) is 0 Å². The number of carboxylic acids is 1. The average Bonchev–Trinajstić information content (AvgIpc) is 1.95. The molecule has 1 atom stereocenters. The molecule has 0 bridgehead atoms. The summed E-state index contributed by atoms with van der Waals surface area (Å²) in [6, 6.07) is -0.995. The summed E-state index contributed by atoms with van der Waals surface area (Å²) < 4.78 is 19.2. The standard InChI is InChI=1S/C5H10NO6P/c6-3(5(7)8)1-2-4-11-13(9,10)12-4/h3-4H,1-2,6H2,(H,7,8)(H,9,10). The van der Waals surface area contributed by atoms with Crippen molar-refractivity contribution in [2.45, 2.75) is 25.2 Å². The van der Waals surface area contributed by atoms with Gasteiger partial charge in [-0.3, -0.25) is 13.8 Å². The minimum absolute atomic E-state index is 0.139. The molecule has 1 aliphatic heterocycles. The highest BCUT2D eigenvalue weighted by molar-refractivity contribution is 7.48. The van der Waals surface area contributed by atoms with Crippen LogP contribution in [0.3, 0.4) is 0 Å². The lowest BCUT2D eigenvalue weighted by atomic mass is 10.2. The monoisotopic (exact) mass is 211 g/mol. The lowest BCUT2D eigenvalue weighted by molar-refractivity contribution is -0.140. The van der Waals surface area contributed by atoms with Gasteiger partial charge in [0.2, 0.25) is 0 Å². The molecule has 4 N–H and O–H groups in total. The predicted octanol–water partition coefficient (Wildman–Crippen LogP) is -0.348. The summed E-state index contributed by atoms with van der Waals surface area (Å²) >= 11 is 0. The molecule has 0 aromatic carbocycles. The van der Waals surface area contributed by atoms with E-state index in [9.17, 15) is 9.36 Å². The molecule has 76 valence electrons. The Morgan fingerprint density at radius 1 is 1.62 bits per heavy atom. The maximum Gasteiger partial charge on any atom is 0.476 e. The van der Waals surface area contributed by atoms with E-state index < -0.39 is 26.1 Å². The number of hydrogen-bond donors (Lipinski definition) is 3. The van der Waals surface area contributed by atoms with Gasteiger partial charge in [-0.25, -0.2) is 4.57 Å². The first kappa shape index (κ1) is 10.6. The number of nitrogens with two attached hydrogens (primary N) is 1. The van der Waals surface area contributed by atoms with Crippen LogP contribution < -0.4 is 5.73 Å². The molecular formula is C5H10NO6P. The van der Waals surface area contributed by atoms with Crippen LogP contribution in [-0.2, 0) is 18.4 Å². The van der Waals surface area contributed by atoms with Crippen LogP contribution >= 0.6 is 7.82 Å². The van der Waals surface area contributed by atoms with Gasteiger partial charge in [0, 0.05) is 6.42 Å². The van der Waals surface area contributed by atoms with Gasteiger partial charge in [-0.05, 0) is 6.42 Å². The second kappa shape index (κ2) is 3.73. The van der Waals surface area contributed by atoms with E-state index in [4.69, 9.17) is 15.7 Å². The van der Waals surface area contributed by atoms with Crippen LogP contribution in [0.25, 0.3) is 0 Å². The van der Waals surface area contributed by atoms with Crippen LogP contribution in [0.5, 0.6) is 0 Å². The third-order valence-corrected chi connectivity index (χ3v) is 2.54. The number of carboxylic acid groups (broad SMARTS) is 1. The minimum atomic E-state index is -3.79. The van der Waals surface area contributed by atoms with E-state index in [0.717, 1.165) is 0 Å². The van der Waals surface area contributed by atoms with Crippen molar-refractivity contribution in [2.75, 3.05) is 0 Å². The summed E-state index contributed by atoms with van der Waals surface area (Å²) in [6.45, 7) is 0. The zero-order valence-corrected chi connectivity index (χ0v) is 7.52. The molecule has 0 radical (unpaired) electrons. The van der Waals surface area contributed by atoms with Crippen molar-refractivity contribution >= 4 is 13.8 Å². The first-order valence-corrected chi connectivity index (χ1v) is 5.08. The quantitative estimate of drug-likeness (QED) is 0.543. The normalized spacial score (nSPS) is 35.1.